The quantitative estimate of drug-likeness (QED) is 0.236. The van der Waals surface area contributed by atoms with Crippen molar-refractivity contribution in [1.82, 2.24) is 9.55 Å². The Morgan fingerprint density at radius 3 is 2.97 bits per heavy atom. The monoisotopic (exact) mass is 483 g/mol. The summed E-state index contributed by atoms with van der Waals surface area (Å²) in [5, 5.41) is 3.74. The van der Waals surface area contributed by atoms with Gasteiger partial charge in [-0.3, -0.25) is 14.2 Å². The molecule has 1 aliphatic heterocycles. The van der Waals surface area contributed by atoms with Gasteiger partial charge in [0.15, 0.2) is 16.7 Å². The van der Waals surface area contributed by atoms with E-state index in [9.17, 15) is 9.59 Å². The predicted molar refractivity (Wildman–Crippen MR) is 132 cm³/mol. The van der Waals surface area contributed by atoms with Gasteiger partial charge >= 0.3 is 0 Å². The van der Waals surface area contributed by atoms with Crippen LogP contribution >= 0.6 is 23.1 Å². The molecular formula is C24H25N3O4S2. The summed E-state index contributed by atoms with van der Waals surface area (Å²) in [5.74, 6) is 1.09. The Morgan fingerprint density at radius 2 is 2.12 bits per heavy atom. The van der Waals surface area contributed by atoms with Crippen molar-refractivity contribution in [2.45, 2.75) is 56.0 Å². The summed E-state index contributed by atoms with van der Waals surface area (Å²) in [5.41, 5.74) is 1.77. The third kappa shape index (κ3) is 4.27. The van der Waals surface area contributed by atoms with Crippen LogP contribution < -0.4 is 20.3 Å². The fraction of sp³-hybridized carbons (Fsp3) is 0.375. The Morgan fingerprint density at radius 1 is 1.30 bits per heavy atom. The van der Waals surface area contributed by atoms with Crippen LogP contribution in [-0.4, -0.2) is 27.5 Å². The number of amides is 1. The lowest BCUT2D eigenvalue weighted by Crippen LogP contribution is -2.26. The SMILES string of the molecule is C=CCn1c(S[C@@H](C)C(=O)Nc2ccc3c(c2)OCO3)nc2sc3c(c2c1=O)CCCCC3. The van der Waals surface area contributed by atoms with Gasteiger partial charge in [-0.05, 0) is 50.3 Å². The third-order valence-electron chi connectivity index (χ3n) is 5.89. The van der Waals surface area contributed by atoms with E-state index in [1.54, 1.807) is 40.2 Å². The summed E-state index contributed by atoms with van der Waals surface area (Å²) in [6.45, 7) is 6.16. The first kappa shape index (κ1) is 22.0. The van der Waals surface area contributed by atoms with Crippen LogP contribution in [0.4, 0.5) is 5.69 Å². The molecule has 0 fully saturated rings. The number of benzene rings is 1. The molecule has 5 rings (SSSR count). The molecule has 0 spiro atoms. The Bertz CT molecular complexity index is 1300. The zero-order valence-electron chi connectivity index (χ0n) is 18.4. The van der Waals surface area contributed by atoms with Gasteiger partial charge in [-0.25, -0.2) is 4.98 Å². The summed E-state index contributed by atoms with van der Waals surface area (Å²) >= 11 is 2.91. The van der Waals surface area contributed by atoms with E-state index in [0.717, 1.165) is 35.9 Å². The molecule has 0 unspecified atom stereocenters. The van der Waals surface area contributed by atoms with Crippen molar-refractivity contribution in [3.8, 4) is 11.5 Å². The van der Waals surface area contributed by atoms with Gasteiger partial charge in [0.25, 0.3) is 5.56 Å². The molecule has 33 heavy (non-hydrogen) atoms. The van der Waals surface area contributed by atoms with Crippen LogP contribution in [0.3, 0.4) is 0 Å². The van der Waals surface area contributed by atoms with Gasteiger partial charge < -0.3 is 14.8 Å². The van der Waals surface area contributed by atoms with E-state index in [4.69, 9.17) is 14.5 Å². The van der Waals surface area contributed by atoms with Crippen molar-refractivity contribution in [2.75, 3.05) is 12.1 Å². The van der Waals surface area contributed by atoms with Crippen molar-refractivity contribution in [2.24, 2.45) is 0 Å². The number of anilines is 1. The molecule has 172 valence electrons. The number of fused-ring (bicyclic) bond motifs is 4. The molecule has 1 aromatic carbocycles. The van der Waals surface area contributed by atoms with E-state index in [-0.39, 0.29) is 18.3 Å². The lowest BCUT2D eigenvalue weighted by molar-refractivity contribution is -0.115. The number of nitrogens with zero attached hydrogens (tertiary/aromatic N) is 2. The maximum absolute atomic E-state index is 13.5. The average molecular weight is 484 g/mol. The molecule has 0 saturated heterocycles. The first-order valence-corrected chi connectivity index (χ1v) is 12.8. The predicted octanol–water partition coefficient (Wildman–Crippen LogP) is 4.76. The molecule has 7 nitrogen and oxygen atoms in total. The van der Waals surface area contributed by atoms with E-state index in [1.807, 2.05) is 6.92 Å². The van der Waals surface area contributed by atoms with Crippen LogP contribution in [-0.2, 0) is 24.2 Å². The molecular weight excluding hydrogens is 458 g/mol. The van der Waals surface area contributed by atoms with E-state index < -0.39 is 5.25 Å². The summed E-state index contributed by atoms with van der Waals surface area (Å²) in [7, 11) is 0. The topological polar surface area (TPSA) is 82.5 Å². The Kier molecular flexibility index (Phi) is 6.16. The number of hydrogen-bond acceptors (Lipinski definition) is 7. The van der Waals surface area contributed by atoms with E-state index in [0.29, 0.717) is 28.9 Å². The number of carbonyl (C=O) groups is 1. The number of aromatic nitrogens is 2. The maximum atomic E-state index is 13.5. The summed E-state index contributed by atoms with van der Waals surface area (Å²) in [6.07, 6.45) is 7.09. The molecule has 3 heterocycles. The highest BCUT2D eigenvalue weighted by molar-refractivity contribution is 8.00. The molecule has 2 aliphatic rings. The minimum Gasteiger partial charge on any atom is -0.454 e. The van der Waals surface area contributed by atoms with Gasteiger partial charge in [-0.15, -0.1) is 17.9 Å². The molecule has 1 amide bonds. The Balaban J connectivity index is 1.42. The van der Waals surface area contributed by atoms with Crippen molar-refractivity contribution in [3.05, 3.63) is 51.6 Å². The fourth-order valence-electron chi connectivity index (χ4n) is 4.21. The van der Waals surface area contributed by atoms with Crippen molar-refractivity contribution < 1.29 is 14.3 Å². The van der Waals surface area contributed by atoms with E-state index in [1.165, 1.54) is 28.6 Å². The highest BCUT2D eigenvalue weighted by atomic mass is 32.2. The lowest BCUT2D eigenvalue weighted by atomic mass is 10.1. The molecule has 0 bridgehead atoms. The Hall–Kier alpha value is -2.78. The van der Waals surface area contributed by atoms with Gasteiger partial charge in [-0.2, -0.15) is 0 Å². The zero-order valence-corrected chi connectivity index (χ0v) is 20.0. The van der Waals surface area contributed by atoms with E-state index in [2.05, 4.69) is 11.9 Å². The number of carbonyl (C=O) groups excluding carboxylic acids is 1. The van der Waals surface area contributed by atoms with E-state index >= 15 is 0 Å². The second-order valence-corrected chi connectivity index (χ2v) is 10.6. The molecule has 0 radical (unpaired) electrons. The van der Waals surface area contributed by atoms with Gasteiger partial charge in [-0.1, -0.05) is 24.3 Å². The van der Waals surface area contributed by atoms with Gasteiger partial charge in [0.05, 0.1) is 10.6 Å². The standard InChI is InChI=1S/C24H25N3O4S2/c1-3-11-27-23(29)20-16-7-5-4-6-8-19(16)33-22(20)26-24(27)32-14(2)21(28)25-15-9-10-17-18(12-15)31-13-30-17/h3,9-10,12,14H,1,4-8,11,13H2,2H3,(H,25,28)/t14-/m0/s1. The normalized spacial score (nSPS) is 15.7. The second-order valence-electron chi connectivity index (χ2n) is 8.16. The summed E-state index contributed by atoms with van der Waals surface area (Å²) < 4.78 is 12.3. The lowest BCUT2D eigenvalue weighted by Gasteiger charge is -2.15. The molecule has 1 aliphatic carbocycles. The van der Waals surface area contributed by atoms with Gasteiger partial charge in [0.2, 0.25) is 12.7 Å². The van der Waals surface area contributed by atoms with Crippen molar-refractivity contribution >= 4 is 44.9 Å². The number of rotatable bonds is 6. The number of thiophene rings is 1. The van der Waals surface area contributed by atoms with Crippen molar-refractivity contribution in [3.63, 3.8) is 0 Å². The van der Waals surface area contributed by atoms with Crippen LogP contribution in [0, 0.1) is 0 Å². The second kappa shape index (κ2) is 9.23. The highest BCUT2D eigenvalue weighted by Gasteiger charge is 2.24. The van der Waals surface area contributed by atoms with Crippen LogP contribution in [0.1, 0.15) is 36.6 Å². The molecule has 9 heteroatoms. The third-order valence-corrected chi connectivity index (χ3v) is 8.17. The molecule has 2 aromatic heterocycles. The summed E-state index contributed by atoms with van der Waals surface area (Å²) in [6, 6.07) is 5.29. The Labute approximate surface area is 199 Å². The zero-order chi connectivity index (χ0) is 22.9. The number of hydrogen-bond donors (Lipinski definition) is 1. The minimum absolute atomic E-state index is 0.0369. The summed E-state index contributed by atoms with van der Waals surface area (Å²) in [4.78, 5) is 33.3. The van der Waals surface area contributed by atoms with Gasteiger partial charge in [0.1, 0.15) is 4.83 Å². The highest BCUT2D eigenvalue weighted by Crippen LogP contribution is 2.36. The minimum atomic E-state index is -0.464. The van der Waals surface area contributed by atoms with Crippen LogP contribution in [0.5, 0.6) is 11.5 Å². The maximum Gasteiger partial charge on any atom is 0.263 e. The van der Waals surface area contributed by atoms with Crippen LogP contribution in [0.15, 0.2) is 40.8 Å². The van der Waals surface area contributed by atoms with Crippen molar-refractivity contribution in [1.29, 1.82) is 0 Å². The number of aryl methyl sites for hydroxylation is 2. The number of nitrogens with one attached hydrogen (secondary N) is 1. The molecule has 1 atom stereocenters. The fourth-order valence-corrected chi connectivity index (χ4v) is 6.43. The average Bonchev–Trinajstić information content (AvgIpc) is 3.33. The largest absolute Gasteiger partial charge is 0.454 e. The number of ether oxygens (including phenoxy) is 2. The first-order valence-electron chi connectivity index (χ1n) is 11.1. The smallest absolute Gasteiger partial charge is 0.263 e. The van der Waals surface area contributed by atoms with Crippen LogP contribution in [0.2, 0.25) is 0 Å². The number of allylic oxidation sites excluding steroid dienone is 1. The number of thioether (sulfide) groups is 1. The first-order chi connectivity index (χ1) is 16.0. The molecule has 1 N–H and O–H groups in total. The van der Waals surface area contributed by atoms with Gasteiger partial charge in [0, 0.05) is 23.2 Å². The molecule has 3 aromatic rings. The molecule has 0 saturated carbocycles. The van der Waals surface area contributed by atoms with Crippen LogP contribution in [0.25, 0.3) is 10.2 Å².